The molecule has 0 unspecified atom stereocenters. The molecule has 1 heterocycles. The highest BCUT2D eigenvalue weighted by molar-refractivity contribution is 8.18. The van der Waals surface area contributed by atoms with Gasteiger partial charge in [0.1, 0.15) is 0 Å². The number of amides is 2. The molecule has 1 fully saturated rings. The molecule has 0 spiro atoms. The lowest BCUT2D eigenvalue weighted by atomic mass is 10.1. The van der Waals surface area contributed by atoms with E-state index < -0.39 is 0 Å². The van der Waals surface area contributed by atoms with E-state index in [4.69, 9.17) is 5.26 Å². The second-order valence-electron chi connectivity index (χ2n) is 5.39. The molecule has 118 valence electrons. The lowest BCUT2D eigenvalue weighted by Crippen LogP contribution is -2.27. The maximum absolute atomic E-state index is 12.6. The topological polar surface area (TPSA) is 61.2 Å². The summed E-state index contributed by atoms with van der Waals surface area (Å²) in [5.74, 6) is -0.319. The smallest absolute Gasteiger partial charge is 0.268 e. The maximum atomic E-state index is 12.6. The van der Waals surface area contributed by atoms with Gasteiger partial charge < -0.3 is 0 Å². The average Bonchev–Trinajstić information content (AvgIpc) is 2.85. The van der Waals surface area contributed by atoms with Crippen molar-refractivity contribution < 1.29 is 9.59 Å². The zero-order valence-corrected chi connectivity index (χ0v) is 13.8. The molecule has 5 heteroatoms. The highest BCUT2D eigenvalue weighted by Gasteiger charge is 2.35. The summed E-state index contributed by atoms with van der Waals surface area (Å²) in [4.78, 5) is 26.4. The van der Waals surface area contributed by atoms with E-state index in [0.29, 0.717) is 16.0 Å². The molecule has 0 N–H and O–H groups in total. The van der Waals surface area contributed by atoms with Crippen LogP contribution in [-0.2, 0) is 11.3 Å². The van der Waals surface area contributed by atoms with Crippen LogP contribution in [0.5, 0.6) is 0 Å². The number of rotatable bonds is 3. The van der Waals surface area contributed by atoms with Crippen molar-refractivity contribution in [3.8, 4) is 6.07 Å². The molecule has 3 rings (SSSR count). The van der Waals surface area contributed by atoms with Gasteiger partial charge in [-0.1, -0.05) is 42.5 Å². The van der Waals surface area contributed by atoms with Crippen molar-refractivity contribution >= 4 is 29.0 Å². The molecule has 24 heavy (non-hydrogen) atoms. The summed E-state index contributed by atoms with van der Waals surface area (Å²) < 4.78 is 0. The lowest BCUT2D eigenvalue weighted by molar-refractivity contribution is -0.123. The van der Waals surface area contributed by atoms with Crippen LogP contribution in [-0.4, -0.2) is 16.0 Å². The summed E-state index contributed by atoms with van der Waals surface area (Å²) in [5, 5.41) is 8.83. The number of thioether (sulfide) groups is 1. The molecule has 1 aliphatic rings. The van der Waals surface area contributed by atoms with Crippen LogP contribution < -0.4 is 0 Å². The van der Waals surface area contributed by atoms with Crippen molar-refractivity contribution in [3.05, 3.63) is 75.7 Å². The van der Waals surface area contributed by atoms with Crippen LogP contribution in [0.25, 0.3) is 6.08 Å². The van der Waals surface area contributed by atoms with Gasteiger partial charge >= 0.3 is 0 Å². The van der Waals surface area contributed by atoms with E-state index >= 15 is 0 Å². The minimum absolute atomic E-state index is 0.111. The van der Waals surface area contributed by atoms with Crippen molar-refractivity contribution in [2.45, 2.75) is 13.5 Å². The number of benzene rings is 2. The molecule has 0 saturated carbocycles. The molecule has 2 aromatic rings. The van der Waals surface area contributed by atoms with E-state index in [-0.39, 0.29) is 17.7 Å². The van der Waals surface area contributed by atoms with Gasteiger partial charge in [-0.05, 0) is 47.5 Å². The van der Waals surface area contributed by atoms with Crippen LogP contribution >= 0.6 is 11.8 Å². The van der Waals surface area contributed by atoms with Crippen molar-refractivity contribution in [2.75, 3.05) is 0 Å². The lowest BCUT2D eigenvalue weighted by Gasteiger charge is -2.13. The van der Waals surface area contributed by atoms with Crippen molar-refractivity contribution in [3.63, 3.8) is 0 Å². The van der Waals surface area contributed by atoms with Crippen LogP contribution in [0.3, 0.4) is 0 Å². The summed E-state index contributed by atoms with van der Waals surface area (Å²) in [6.07, 6.45) is 1.75. The largest absolute Gasteiger partial charge is 0.293 e. The minimum atomic E-state index is -0.319. The van der Waals surface area contributed by atoms with E-state index in [1.807, 2.05) is 31.2 Å². The third kappa shape index (κ3) is 3.10. The third-order valence-electron chi connectivity index (χ3n) is 3.81. The standard InChI is InChI=1S/C19H14N2O2S/c1-13-6-2-3-7-14(13)10-17-18(22)21(19(23)24-17)12-16-9-5-4-8-15(16)11-20/h2-10H,12H2,1H3/b17-10+. The van der Waals surface area contributed by atoms with Gasteiger partial charge in [0.05, 0.1) is 23.1 Å². The Bertz CT molecular complexity index is 896. The number of carbonyl (C=O) groups is 2. The zero-order valence-electron chi connectivity index (χ0n) is 13.0. The number of nitrogens with zero attached hydrogens (tertiary/aromatic N) is 2. The summed E-state index contributed by atoms with van der Waals surface area (Å²) in [6, 6.07) is 16.8. The van der Waals surface area contributed by atoms with E-state index in [1.165, 1.54) is 4.90 Å². The van der Waals surface area contributed by atoms with Crippen molar-refractivity contribution in [1.29, 1.82) is 5.26 Å². The Kier molecular flexibility index (Phi) is 4.50. The number of nitriles is 1. The molecule has 2 aromatic carbocycles. The predicted octanol–water partition coefficient (Wildman–Crippen LogP) is 4.10. The normalized spacial score (nSPS) is 15.8. The van der Waals surface area contributed by atoms with Gasteiger partial charge in [-0.15, -0.1) is 0 Å². The Hall–Kier alpha value is -2.84. The number of imide groups is 1. The molecule has 1 aliphatic heterocycles. The summed E-state index contributed by atoms with van der Waals surface area (Å²) in [7, 11) is 0. The number of hydrogen-bond donors (Lipinski definition) is 0. The van der Waals surface area contributed by atoms with Gasteiger partial charge in [0.2, 0.25) is 0 Å². The first-order valence-electron chi connectivity index (χ1n) is 7.39. The maximum Gasteiger partial charge on any atom is 0.293 e. The first kappa shape index (κ1) is 16.0. The molecular formula is C19H14N2O2S. The fourth-order valence-corrected chi connectivity index (χ4v) is 3.29. The van der Waals surface area contributed by atoms with Crippen LogP contribution in [0.2, 0.25) is 0 Å². The van der Waals surface area contributed by atoms with E-state index in [1.54, 1.807) is 30.3 Å². The van der Waals surface area contributed by atoms with Crippen LogP contribution in [0.4, 0.5) is 4.79 Å². The molecule has 0 bridgehead atoms. The molecule has 4 nitrogen and oxygen atoms in total. The fraction of sp³-hybridized carbons (Fsp3) is 0.105. The van der Waals surface area contributed by atoms with Crippen molar-refractivity contribution in [2.24, 2.45) is 0 Å². The number of aryl methyl sites for hydroxylation is 1. The molecule has 0 aromatic heterocycles. The van der Waals surface area contributed by atoms with Crippen molar-refractivity contribution in [1.82, 2.24) is 4.90 Å². The second kappa shape index (κ2) is 6.73. The van der Waals surface area contributed by atoms with Gasteiger partial charge in [0, 0.05) is 0 Å². The summed E-state index contributed by atoms with van der Waals surface area (Å²) >= 11 is 0.934. The number of hydrogen-bond acceptors (Lipinski definition) is 4. The van der Waals surface area contributed by atoms with Gasteiger partial charge in [-0.25, -0.2) is 0 Å². The Balaban J connectivity index is 1.88. The van der Waals surface area contributed by atoms with Gasteiger partial charge in [-0.2, -0.15) is 5.26 Å². The van der Waals surface area contributed by atoms with Crippen LogP contribution in [0, 0.1) is 18.3 Å². The Morgan fingerprint density at radius 1 is 1.12 bits per heavy atom. The minimum Gasteiger partial charge on any atom is -0.268 e. The van der Waals surface area contributed by atoms with Gasteiger partial charge in [0.15, 0.2) is 0 Å². The SMILES string of the molecule is Cc1ccccc1/C=C1/SC(=O)N(Cc2ccccc2C#N)C1=O. The highest BCUT2D eigenvalue weighted by Crippen LogP contribution is 2.34. The van der Waals surface area contributed by atoms with Gasteiger partial charge in [0.25, 0.3) is 11.1 Å². The second-order valence-corrected chi connectivity index (χ2v) is 6.39. The van der Waals surface area contributed by atoms with Gasteiger partial charge in [-0.3, -0.25) is 14.5 Å². The molecule has 0 atom stereocenters. The summed E-state index contributed by atoms with van der Waals surface area (Å²) in [5.41, 5.74) is 3.10. The Morgan fingerprint density at radius 3 is 2.58 bits per heavy atom. The highest BCUT2D eigenvalue weighted by atomic mass is 32.2. The quantitative estimate of drug-likeness (QED) is 0.793. The first-order valence-corrected chi connectivity index (χ1v) is 8.21. The van der Waals surface area contributed by atoms with Crippen LogP contribution in [0.15, 0.2) is 53.4 Å². The fourth-order valence-electron chi connectivity index (χ4n) is 2.46. The monoisotopic (exact) mass is 334 g/mol. The van der Waals surface area contributed by atoms with E-state index in [0.717, 1.165) is 22.9 Å². The number of carbonyl (C=O) groups excluding carboxylic acids is 2. The van der Waals surface area contributed by atoms with Crippen LogP contribution in [0.1, 0.15) is 22.3 Å². The van der Waals surface area contributed by atoms with E-state index in [2.05, 4.69) is 6.07 Å². The Labute approximate surface area is 144 Å². The molecule has 0 aliphatic carbocycles. The zero-order chi connectivity index (χ0) is 17.1. The third-order valence-corrected chi connectivity index (χ3v) is 4.72. The first-order chi connectivity index (χ1) is 11.6. The predicted molar refractivity (Wildman–Crippen MR) is 93.9 cm³/mol. The Morgan fingerprint density at radius 2 is 1.83 bits per heavy atom. The molecule has 1 saturated heterocycles. The molecule has 2 amide bonds. The molecular weight excluding hydrogens is 320 g/mol. The summed E-state index contributed by atoms with van der Waals surface area (Å²) in [6.45, 7) is 2.07. The molecule has 0 radical (unpaired) electrons. The average molecular weight is 334 g/mol. The van der Waals surface area contributed by atoms with E-state index in [9.17, 15) is 9.59 Å².